The van der Waals surface area contributed by atoms with Gasteiger partial charge in [0, 0.05) is 24.0 Å². The van der Waals surface area contributed by atoms with E-state index in [4.69, 9.17) is 9.84 Å². The number of halogens is 3. The number of benzene rings is 2. The number of hydrogen-bond donors (Lipinski definition) is 0. The van der Waals surface area contributed by atoms with E-state index in [2.05, 4.69) is 0 Å². The van der Waals surface area contributed by atoms with Crippen LogP contribution in [0.4, 0.5) is 18.0 Å². The fourth-order valence-electron chi connectivity index (χ4n) is 3.83. The summed E-state index contributed by atoms with van der Waals surface area (Å²) < 4.78 is 46.1. The van der Waals surface area contributed by atoms with E-state index in [1.54, 1.807) is 4.90 Å². The van der Waals surface area contributed by atoms with Crippen LogP contribution in [0.1, 0.15) is 38.8 Å². The summed E-state index contributed by atoms with van der Waals surface area (Å²) in [5.41, 5.74) is 0.866. The SMILES string of the molecule is CC(C)(C)OC(=O)N1CCC(n2nc(-c3ccc(C(F)(F)F)cc3)c3ccccc32)C1. The lowest BCUT2D eigenvalue weighted by molar-refractivity contribution is -0.137. The van der Waals surface area contributed by atoms with Gasteiger partial charge in [-0.2, -0.15) is 18.3 Å². The topological polar surface area (TPSA) is 47.4 Å². The van der Waals surface area contributed by atoms with Crippen molar-refractivity contribution in [3.8, 4) is 11.3 Å². The van der Waals surface area contributed by atoms with Gasteiger partial charge in [0.2, 0.25) is 0 Å². The quantitative estimate of drug-likeness (QED) is 0.507. The van der Waals surface area contributed by atoms with Gasteiger partial charge in [0.05, 0.1) is 17.1 Å². The highest BCUT2D eigenvalue weighted by molar-refractivity contribution is 5.93. The summed E-state index contributed by atoms with van der Waals surface area (Å²) in [6.45, 7) is 6.51. The van der Waals surface area contributed by atoms with E-state index in [0.717, 1.165) is 29.5 Å². The molecule has 0 N–H and O–H groups in total. The maximum Gasteiger partial charge on any atom is 0.416 e. The van der Waals surface area contributed by atoms with E-state index >= 15 is 0 Å². The molecule has 0 spiro atoms. The lowest BCUT2D eigenvalue weighted by atomic mass is 10.1. The predicted molar refractivity (Wildman–Crippen MR) is 112 cm³/mol. The van der Waals surface area contributed by atoms with E-state index in [0.29, 0.717) is 24.3 Å². The molecule has 2 heterocycles. The normalized spacial score (nSPS) is 17.4. The van der Waals surface area contributed by atoms with Crippen molar-refractivity contribution in [3.63, 3.8) is 0 Å². The first-order valence-electron chi connectivity index (χ1n) is 10.2. The zero-order valence-electron chi connectivity index (χ0n) is 17.6. The molecular formula is C23H24F3N3O2. The van der Waals surface area contributed by atoms with Crippen molar-refractivity contribution < 1.29 is 22.7 Å². The van der Waals surface area contributed by atoms with Gasteiger partial charge in [-0.15, -0.1) is 0 Å². The third-order valence-electron chi connectivity index (χ3n) is 5.26. The van der Waals surface area contributed by atoms with E-state index in [1.807, 2.05) is 49.7 Å². The highest BCUT2D eigenvalue weighted by Crippen LogP contribution is 2.35. The number of hydrogen-bond acceptors (Lipinski definition) is 3. The number of nitrogens with zero attached hydrogens (tertiary/aromatic N) is 3. The van der Waals surface area contributed by atoms with Gasteiger partial charge in [-0.25, -0.2) is 4.79 Å². The fraction of sp³-hybridized carbons (Fsp3) is 0.391. The van der Waals surface area contributed by atoms with Crippen LogP contribution in [0.5, 0.6) is 0 Å². The maximum absolute atomic E-state index is 12.9. The molecule has 31 heavy (non-hydrogen) atoms. The maximum atomic E-state index is 12.9. The fourth-order valence-corrected chi connectivity index (χ4v) is 3.83. The van der Waals surface area contributed by atoms with E-state index in [9.17, 15) is 18.0 Å². The summed E-state index contributed by atoms with van der Waals surface area (Å²) in [7, 11) is 0. The van der Waals surface area contributed by atoms with Crippen LogP contribution in [0.15, 0.2) is 48.5 Å². The Balaban J connectivity index is 1.64. The Morgan fingerprint density at radius 1 is 1.06 bits per heavy atom. The molecule has 0 bridgehead atoms. The highest BCUT2D eigenvalue weighted by atomic mass is 19.4. The minimum Gasteiger partial charge on any atom is -0.444 e. The van der Waals surface area contributed by atoms with Gasteiger partial charge in [0.15, 0.2) is 0 Å². The number of alkyl halides is 3. The van der Waals surface area contributed by atoms with Crippen LogP contribution in [0, 0.1) is 0 Å². The number of likely N-dealkylation sites (tertiary alicyclic amines) is 1. The van der Waals surface area contributed by atoms with Crippen molar-refractivity contribution in [2.24, 2.45) is 0 Å². The van der Waals surface area contributed by atoms with Crippen molar-refractivity contribution in [2.75, 3.05) is 13.1 Å². The average molecular weight is 431 g/mol. The second kappa shape index (κ2) is 7.59. The van der Waals surface area contributed by atoms with Crippen LogP contribution < -0.4 is 0 Å². The number of fused-ring (bicyclic) bond motifs is 1. The number of aromatic nitrogens is 2. The van der Waals surface area contributed by atoms with Gasteiger partial charge in [-0.05, 0) is 45.4 Å². The molecule has 1 aliphatic rings. The van der Waals surface area contributed by atoms with Gasteiger partial charge in [0.25, 0.3) is 0 Å². The third kappa shape index (κ3) is 4.38. The summed E-state index contributed by atoms with van der Waals surface area (Å²) in [5.74, 6) is 0. The van der Waals surface area contributed by atoms with E-state index in [-0.39, 0.29) is 12.1 Å². The lowest BCUT2D eigenvalue weighted by Crippen LogP contribution is -2.35. The van der Waals surface area contributed by atoms with Crippen LogP contribution in [0.25, 0.3) is 22.2 Å². The van der Waals surface area contributed by atoms with Crippen LogP contribution in [0.3, 0.4) is 0 Å². The van der Waals surface area contributed by atoms with E-state index < -0.39 is 17.3 Å². The number of carbonyl (C=O) groups is 1. The third-order valence-corrected chi connectivity index (χ3v) is 5.26. The molecule has 5 nitrogen and oxygen atoms in total. The Morgan fingerprint density at radius 2 is 1.74 bits per heavy atom. The second-order valence-corrected chi connectivity index (χ2v) is 8.75. The number of rotatable bonds is 2. The average Bonchev–Trinajstić information content (AvgIpc) is 3.31. The molecule has 8 heteroatoms. The van der Waals surface area contributed by atoms with Crippen LogP contribution in [-0.4, -0.2) is 39.5 Å². The molecule has 164 valence electrons. The van der Waals surface area contributed by atoms with Crippen molar-refractivity contribution >= 4 is 17.0 Å². The molecule has 3 aromatic rings. The number of amides is 1. The molecule has 1 aliphatic heterocycles. The van der Waals surface area contributed by atoms with E-state index in [1.165, 1.54) is 12.1 Å². The Labute approximate surface area is 178 Å². The number of para-hydroxylation sites is 1. The molecule has 0 aliphatic carbocycles. The molecule has 1 amide bonds. The summed E-state index contributed by atoms with van der Waals surface area (Å²) >= 11 is 0. The Morgan fingerprint density at radius 3 is 2.39 bits per heavy atom. The Kier molecular flexibility index (Phi) is 5.19. The molecule has 0 radical (unpaired) electrons. The van der Waals surface area contributed by atoms with Crippen molar-refractivity contribution in [1.82, 2.24) is 14.7 Å². The molecule has 1 saturated heterocycles. The molecule has 2 aromatic carbocycles. The molecule has 4 rings (SSSR count). The molecule has 1 aromatic heterocycles. The van der Waals surface area contributed by atoms with Crippen molar-refractivity contribution in [2.45, 2.75) is 45.0 Å². The Hall–Kier alpha value is -3.03. The number of carbonyl (C=O) groups excluding carboxylic acids is 1. The predicted octanol–water partition coefficient (Wildman–Crippen LogP) is 5.90. The first-order valence-corrected chi connectivity index (χ1v) is 10.2. The monoisotopic (exact) mass is 431 g/mol. The highest BCUT2D eigenvalue weighted by Gasteiger charge is 2.33. The Bertz CT molecular complexity index is 1100. The zero-order chi connectivity index (χ0) is 22.4. The molecule has 1 atom stereocenters. The van der Waals surface area contributed by atoms with Crippen molar-refractivity contribution in [1.29, 1.82) is 0 Å². The van der Waals surface area contributed by atoms with Gasteiger partial charge in [-0.3, -0.25) is 4.68 Å². The first-order chi connectivity index (χ1) is 14.5. The van der Waals surface area contributed by atoms with Crippen LogP contribution >= 0.6 is 0 Å². The minimum absolute atomic E-state index is 0.0411. The number of ether oxygens (including phenoxy) is 1. The largest absolute Gasteiger partial charge is 0.444 e. The smallest absolute Gasteiger partial charge is 0.416 e. The second-order valence-electron chi connectivity index (χ2n) is 8.75. The van der Waals surface area contributed by atoms with Gasteiger partial charge < -0.3 is 9.64 Å². The lowest BCUT2D eigenvalue weighted by Gasteiger charge is -2.24. The molecule has 1 unspecified atom stereocenters. The van der Waals surface area contributed by atoms with Crippen LogP contribution in [0.2, 0.25) is 0 Å². The molecular weight excluding hydrogens is 407 g/mol. The van der Waals surface area contributed by atoms with Crippen molar-refractivity contribution in [3.05, 3.63) is 54.1 Å². The zero-order valence-corrected chi connectivity index (χ0v) is 17.6. The standard InChI is InChI=1S/C23H24F3N3O2/c1-22(2,3)31-21(30)28-13-12-17(14-28)29-19-7-5-4-6-18(19)20(27-29)15-8-10-16(11-9-15)23(24,25)26/h4-11,17H,12-14H2,1-3H3. The summed E-state index contributed by atoms with van der Waals surface area (Å²) in [5, 5.41) is 5.62. The minimum atomic E-state index is -4.38. The summed E-state index contributed by atoms with van der Waals surface area (Å²) in [6.07, 6.45) is -4.01. The first kappa shape index (κ1) is 21.2. The van der Waals surface area contributed by atoms with Gasteiger partial charge in [0.1, 0.15) is 11.3 Å². The molecule has 1 fully saturated rings. The van der Waals surface area contributed by atoms with Crippen LogP contribution in [-0.2, 0) is 10.9 Å². The van der Waals surface area contributed by atoms with Gasteiger partial charge in [-0.1, -0.05) is 30.3 Å². The summed E-state index contributed by atoms with van der Waals surface area (Å²) in [4.78, 5) is 14.1. The van der Waals surface area contributed by atoms with Gasteiger partial charge >= 0.3 is 12.3 Å². The molecule has 0 saturated carbocycles. The summed E-state index contributed by atoms with van der Waals surface area (Å²) in [6, 6.07) is 12.6.